The number of hydrogen-bond donors (Lipinski definition) is 1. The van der Waals surface area contributed by atoms with Gasteiger partial charge in [-0.2, -0.15) is 0 Å². The Hall–Kier alpha value is -0.980. The zero-order chi connectivity index (χ0) is 14.3. The molecule has 8 heteroatoms. The van der Waals surface area contributed by atoms with Crippen LogP contribution in [-0.4, -0.2) is 25.0 Å². The molecule has 1 aliphatic carbocycles. The first-order valence-corrected chi connectivity index (χ1v) is 7.68. The highest BCUT2D eigenvalue weighted by Gasteiger charge is 2.51. The van der Waals surface area contributed by atoms with Crippen LogP contribution < -0.4 is 5.84 Å². The van der Waals surface area contributed by atoms with Crippen molar-refractivity contribution < 1.29 is 4.39 Å². The maximum atomic E-state index is 12.9. The van der Waals surface area contributed by atoms with Crippen molar-refractivity contribution in [2.24, 2.45) is 5.92 Å². The minimum absolute atomic E-state index is 0.252. The number of hydrogen-bond acceptors (Lipinski definition) is 4. The van der Waals surface area contributed by atoms with E-state index in [-0.39, 0.29) is 11.7 Å². The molecule has 0 radical (unpaired) electrons. The summed E-state index contributed by atoms with van der Waals surface area (Å²) in [5.74, 6) is 7.14. The van der Waals surface area contributed by atoms with Crippen molar-refractivity contribution in [2.75, 3.05) is 11.6 Å². The van der Waals surface area contributed by atoms with Gasteiger partial charge in [-0.25, -0.2) is 9.07 Å². The van der Waals surface area contributed by atoms with Crippen molar-refractivity contribution in [2.45, 2.75) is 15.9 Å². The average Bonchev–Trinajstić information content (AvgIpc) is 2.85. The zero-order valence-electron chi connectivity index (χ0n) is 10.3. The maximum absolute atomic E-state index is 12.9. The summed E-state index contributed by atoms with van der Waals surface area (Å²) in [4.78, 5) is 0. The van der Waals surface area contributed by atoms with Gasteiger partial charge in [0.15, 0.2) is 5.82 Å². The topological polar surface area (TPSA) is 56.7 Å². The fourth-order valence-electron chi connectivity index (χ4n) is 1.80. The zero-order valence-corrected chi connectivity index (χ0v) is 12.6. The van der Waals surface area contributed by atoms with Crippen molar-refractivity contribution in [1.82, 2.24) is 14.9 Å². The molecule has 1 unspecified atom stereocenters. The molecule has 1 saturated carbocycles. The molecule has 0 spiro atoms. The lowest BCUT2D eigenvalue weighted by Gasteiger charge is -2.03. The second-order valence-corrected chi connectivity index (χ2v) is 7.19. The Labute approximate surface area is 129 Å². The van der Waals surface area contributed by atoms with E-state index >= 15 is 0 Å². The lowest BCUT2D eigenvalue weighted by Crippen LogP contribution is -2.12. The van der Waals surface area contributed by atoms with Gasteiger partial charge in [0.1, 0.15) is 10.2 Å². The van der Waals surface area contributed by atoms with E-state index in [0.717, 1.165) is 12.2 Å². The Morgan fingerprint density at radius 3 is 2.60 bits per heavy atom. The molecule has 1 aliphatic rings. The van der Waals surface area contributed by atoms with Crippen LogP contribution in [-0.2, 0) is 0 Å². The average molecular weight is 333 g/mol. The molecule has 0 amide bonds. The summed E-state index contributed by atoms with van der Waals surface area (Å²) in [7, 11) is 0. The molecule has 20 heavy (non-hydrogen) atoms. The van der Waals surface area contributed by atoms with Crippen molar-refractivity contribution in [3.8, 4) is 11.4 Å². The van der Waals surface area contributed by atoms with E-state index in [0.29, 0.717) is 16.5 Å². The van der Waals surface area contributed by atoms with Gasteiger partial charge in [-0.3, -0.25) is 0 Å². The minimum Gasteiger partial charge on any atom is -0.335 e. The standard InChI is InChI=1S/C12H11Cl2FN4S/c13-12(14)5-8(12)6-20-11-18-17-10(19(11)16)7-1-3-9(15)4-2-7/h1-4,8H,5-6,16H2. The van der Waals surface area contributed by atoms with Crippen LogP contribution in [0.4, 0.5) is 4.39 Å². The van der Waals surface area contributed by atoms with Gasteiger partial charge in [-0.15, -0.1) is 33.4 Å². The highest BCUT2D eigenvalue weighted by molar-refractivity contribution is 7.99. The number of nitrogen functional groups attached to an aromatic ring is 1. The van der Waals surface area contributed by atoms with E-state index in [1.165, 1.54) is 28.6 Å². The fraction of sp³-hybridized carbons (Fsp3) is 0.333. The molecular weight excluding hydrogens is 322 g/mol. The van der Waals surface area contributed by atoms with Crippen LogP contribution in [0.3, 0.4) is 0 Å². The number of alkyl halides is 2. The molecule has 1 fully saturated rings. The van der Waals surface area contributed by atoms with Gasteiger partial charge < -0.3 is 5.84 Å². The highest BCUT2D eigenvalue weighted by atomic mass is 35.5. The van der Waals surface area contributed by atoms with Gasteiger partial charge in [0.25, 0.3) is 0 Å². The van der Waals surface area contributed by atoms with Crippen LogP contribution in [0.5, 0.6) is 0 Å². The molecule has 3 rings (SSSR count). The number of halogens is 3. The Kier molecular flexibility index (Phi) is 3.56. The summed E-state index contributed by atoms with van der Waals surface area (Å²) >= 11 is 13.4. The SMILES string of the molecule is Nn1c(SCC2CC2(Cl)Cl)nnc1-c1ccc(F)cc1. The monoisotopic (exact) mass is 332 g/mol. The summed E-state index contributed by atoms with van der Waals surface area (Å²) in [5.41, 5.74) is 0.712. The summed E-state index contributed by atoms with van der Waals surface area (Å²) in [5, 5.41) is 8.65. The fourth-order valence-corrected chi connectivity index (χ4v) is 3.58. The van der Waals surface area contributed by atoms with Crippen LogP contribution >= 0.6 is 35.0 Å². The predicted molar refractivity (Wildman–Crippen MR) is 78.8 cm³/mol. The molecule has 1 aromatic carbocycles. The smallest absolute Gasteiger partial charge is 0.210 e. The summed E-state index contributed by atoms with van der Waals surface area (Å²) in [6, 6.07) is 5.94. The van der Waals surface area contributed by atoms with E-state index in [9.17, 15) is 4.39 Å². The van der Waals surface area contributed by atoms with Crippen LogP contribution in [0.1, 0.15) is 6.42 Å². The first-order chi connectivity index (χ1) is 9.47. The largest absolute Gasteiger partial charge is 0.335 e. The normalized spacial score (nSPS) is 20.1. The second kappa shape index (κ2) is 5.09. The summed E-state index contributed by atoms with van der Waals surface area (Å²) in [6.07, 6.45) is 0.784. The number of nitrogens with two attached hydrogens (primary N) is 1. The highest BCUT2D eigenvalue weighted by Crippen LogP contribution is 2.54. The van der Waals surface area contributed by atoms with Crippen LogP contribution in [0.25, 0.3) is 11.4 Å². The predicted octanol–water partition coefficient (Wildman–Crippen LogP) is 3.08. The number of thioether (sulfide) groups is 1. The molecular formula is C12H11Cl2FN4S. The van der Waals surface area contributed by atoms with Crippen molar-refractivity contribution >= 4 is 35.0 Å². The van der Waals surface area contributed by atoms with E-state index in [2.05, 4.69) is 10.2 Å². The number of aromatic nitrogens is 3. The number of benzene rings is 1. The molecule has 1 atom stereocenters. The third-order valence-electron chi connectivity index (χ3n) is 3.14. The van der Waals surface area contributed by atoms with E-state index in [1.807, 2.05) is 0 Å². The second-order valence-electron chi connectivity index (χ2n) is 4.66. The van der Waals surface area contributed by atoms with Crippen LogP contribution in [0, 0.1) is 11.7 Å². The number of nitrogens with zero attached hydrogens (tertiary/aromatic N) is 3. The third kappa shape index (κ3) is 2.73. The van der Waals surface area contributed by atoms with Gasteiger partial charge in [0.2, 0.25) is 5.16 Å². The summed E-state index contributed by atoms with van der Waals surface area (Å²) < 4.78 is 13.7. The first-order valence-electron chi connectivity index (χ1n) is 5.94. The number of rotatable bonds is 4. The molecule has 2 N–H and O–H groups in total. The lowest BCUT2D eigenvalue weighted by molar-refractivity contribution is 0.628. The van der Waals surface area contributed by atoms with Crippen molar-refractivity contribution in [1.29, 1.82) is 0 Å². The van der Waals surface area contributed by atoms with Crippen molar-refractivity contribution in [3.63, 3.8) is 0 Å². The van der Waals surface area contributed by atoms with Crippen LogP contribution in [0.2, 0.25) is 0 Å². The summed E-state index contributed by atoms with van der Waals surface area (Å²) in [6.45, 7) is 0. The van der Waals surface area contributed by atoms with Gasteiger partial charge in [0, 0.05) is 17.2 Å². The maximum Gasteiger partial charge on any atom is 0.210 e. The van der Waals surface area contributed by atoms with E-state index in [1.54, 1.807) is 12.1 Å². The molecule has 0 saturated heterocycles. The minimum atomic E-state index is -0.605. The Morgan fingerprint density at radius 2 is 2.00 bits per heavy atom. The van der Waals surface area contributed by atoms with Crippen molar-refractivity contribution in [3.05, 3.63) is 30.1 Å². The molecule has 1 heterocycles. The van der Waals surface area contributed by atoms with E-state index in [4.69, 9.17) is 29.0 Å². The lowest BCUT2D eigenvalue weighted by atomic mass is 10.2. The molecule has 4 nitrogen and oxygen atoms in total. The van der Waals surface area contributed by atoms with Gasteiger partial charge in [-0.05, 0) is 30.7 Å². The molecule has 0 bridgehead atoms. The third-order valence-corrected chi connectivity index (χ3v) is 5.17. The van der Waals surface area contributed by atoms with Gasteiger partial charge >= 0.3 is 0 Å². The molecule has 2 aromatic rings. The van der Waals surface area contributed by atoms with E-state index < -0.39 is 4.33 Å². The van der Waals surface area contributed by atoms with Crippen LogP contribution in [0.15, 0.2) is 29.4 Å². The Morgan fingerprint density at radius 1 is 1.35 bits per heavy atom. The molecule has 0 aliphatic heterocycles. The van der Waals surface area contributed by atoms with Gasteiger partial charge in [-0.1, -0.05) is 11.8 Å². The van der Waals surface area contributed by atoms with Gasteiger partial charge in [0.05, 0.1) is 0 Å². The molecule has 1 aromatic heterocycles. The first kappa shape index (κ1) is 14.0. The molecule has 106 valence electrons. The Bertz CT molecular complexity index is 629. The quantitative estimate of drug-likeness (QED) is 0.531. The Balaban J connectivity index is 1.73.